The molecule has 0 aliphatic carbocycles. The topological polar surface area (TPSA) is 53.7 Å². The molecule has 4 nitrogen and oxygen atoms in total. The average molecular weight is 263 g/mol. The molecule has 104 valence electrons. The van der Waals surface area contributed by atoms with Crippen LogP contribution in [0.5, 0.6) is 11.5 Å². The highest BCUT2D eigenvalue weighted by Crippen LogP contribution is 2.39. The fourth-order valence-corrected chi connectivity index (χ4v) is 2.99. The third-order valence-corrected chi connectivity index (χ3v) is 4.10. The molecular weight excluding hydrogens is 242 g/mol. The van der Waals surface area contributed by atoms with Gasteiger partial charge in [-0.05, 0) is 31.0 Å². The fraction of sp³-hybridized carbons (Fsp3) is 0.600. The maximum Gasteiger partial charge on any atom is 0.124 e. The van der Waals surface area contributed by atoms with E-state index >= 15 is 0 Å². The molecule has 2 unspecified atom stereocenters. The molecule has 2 aliphatic rings. The van der Waals surface area contributed by atoms with Crippen LogP contribution in [0.15, 0.2) is 18.2 Å². The van der Waals surface area contributed by atoms with Gasteiger partial charge in [0.25, 0.3) is 0 Å². The molecular formula is C15H21NO3. The summed E-state index contributed by atoms with van der Waals surface area (Å²) in [6.07, 6.45) is 3.32. The summed E-state index contributed by atoms with van der Waals surface area (Å²) >= 11 is 0. The van der Waals surface area contributed by atoms with E-state index in [4.69, 9.17) is 19.9 Å². The highest BCUT2D eigenvalue weighted by molar-refractivity contribution is 5.43. The minimum atomic E-state index is 0.0192. The van der Waals surface area contributed by atoms with Crippen molar-refractivity contribution in [3.8, 4) is 11.5 Å². The molecule has 1 fully saturated rings. The first kappa shape index (κ1) is 12.8. The highest BCUT2D eigenvalue weighted by atomic mass is 16.5. The molecule has 0 saturated carbocycles. The molecule has 0 aromatic heterocycles. The van der Waals surface area contributed by atoms with Gasteiger partial charge < -0.3 is 19.9 Å². The van der Waals surface area contributed by atoms with Crippen LogP contribution in [0.3, 0.4) is 0 Å². The zero-order valence-corrected chi connectivity index (χ0v) is 11.3. The Labute approximate surface area is 113 Å². The van der Waals surface area contributed by atoms with E-state index in [2.05, 4.69) is 0 Å². The van der Waals surface area contributed by atoms with Crippen LogP contribution in [0.4, 0.5) is 0 Å². The predicted molar refractivity (Wildman–Crippen MR) is 72.5 cm³/mol. The molecule has 1 aromatic rings. The highest BCUT2D eigenvalue weighted by Gasteiger charge is 2.33. The number of benzene rings is 1. The molecule has 2 N–H and O–H groups in total. The summed E-state index contributed by atoms with van der Waals surface area (Å²) in [6.45, 7) is 1.67. The second kappa shape index (κ2) is 5.39. The standard InChI is InChI=1S/C15H21NO3/c1-17-11-4-5-14-12(7-11)13(16)8-15(19-14)10-3-2-6-18-9-10/h4-5,7,10,13,15H,2-3,6,8-9,16H2,1H3/t10?,13-,15?/m0/s1. The van der Waals surface area contributed by atoms with Crippen LogP contribution >= 0.6 is 0 Å². The van der Waals surface area contributed by atoms with E-state index in [1.165, 1.54) is 6.42 Å². The Morgan fingerprint density at radius 2 is 2.26 bits per heavy atom. The van der Waals surface area contributed by atoms with Crippen LogP contribution in [0.2, 0.25) is 0 Å². The largest absolute Gasteiger partial charge is 0.497 e. The second-order valence-electron chi connectivity index (χ2n) is 5.38. The number of hydrogen-bond donors (Lipinski definition) is 1. The number of fused-ring (bicyclic) bond motifs is 1. The summed E-state index contributed by atoms with van der Waals surface area (Å²) in [6, 6.07) is 5.88. The van der Waals surface area contributed by atoms with Gasteiger partial charge in [0.2, 0.25) is 0 Å². The second-order valence-corrected chi connectivity index (χ2v) is 5.38. The van der Waals surface area contributed by atoms with E-state index in [0.29, 0.717) is 5.92 Å². The Morgan fingerprint density at radius 3 is 3.00 bits per heavy atom. The van der Waals surface area contributed by atoms with Crippen molar-refractivity contribution in [2.45, 2.75) is 31.4 Å². The Morgan fingerprint density at radius 1 is 1.37 bits per heavy atom. The van der Waals surface area contributed by atoms with Gasteiger partial charge in [-0.2, -0.15) is 0 Å². The molecule has 2 aliphatic heterocycles. The normalized spacial score (nSPS) is 30.3. The van der Waals surface area contributed by atoms with Gasteiger partial charge in [0, 0.05) is 30.6 Å². The summed E-state index contributed by atoms with van der Waals surface area (Å²) < 4.78 is 16.9. The molecule has 0 radical (unpaired) electrons. The van der Waals surface area contributed by atoms with Crippen LogP contribution < -0.4 is 15.2 Å². The minimum absolute atomic E-state index is 0.0192. The van der Waals surface area contributed by atoms with Crippen molar-refractivity contribution >= 4 is 0 Å². The van der Waals surface area contributed by atoms with E-state index < -0.39 is 0 Å². The number of ether oxygens (including phenoxy) is 3. The van der Waals surface area contributed by atoms with Gasteiger partial charge in [-0.25, -0.2) is 0 Å². The van der Waals surface area contributed by atoms with Crippen molar-refractivity contribution in [3.05, 3.63) is 23.8 Å². The fourth-order valence-electron chi connectivity index (χ4n) is 2.99. The summed E-state index contributed by atoms with van der Waals surface area (Å²) in [4.78, 5) is 0. The van der Waals surface area contributed by atoms with E-state index in [1.54, 1.807) is 7.11 Å². The first-order valence-corrected chi connectivity index (χ1v) is 6.96. The van der Waals surface area contributed by atoms with Crippen molar-refractivity contribution in [1.82, 2.24) is 0 Å². The lowest BCUT2D eigenvalue weighted by Gasteiger charge is -2.36. The molecule has 4 heteroatoms. The molecule has 0 spiro atoms. The maximum absolute atomic E-state index is 6.29. The quantitative estimate of drug-likeness (QED) is 0.889. The summed E-state index contributed by atoms with van der Waals surface area (Å²) in [5.74, 6) is 2.20. The first-order chi connectivity index (χ1) is 9.28. The van der Waals surface area contributed by atoms with E-state index in [0.717, 1.165) is 43.1 Å². The Kier molecular flexibility index (Phi) is 3.62. The molecule has 1 aromatic carbocycles. The lowest BCUT2D eigenvalue weighted by Crippen LogP contribution is -2.38. The van der Waals surface area contributed by atoms with Crippen LogP contribution in [-0.4, -0.2) is 26.4 Å². The third-order valence-electron chi connectivity index (χ3n) is 4.10. The predicted octanol–water partition coefficient (Wildman–Crippen LogP) is 2.27. The molecule has 2 heterocycles. The van der Waals surface area contributed by atoms with Gasteiger partial charge in [0.1, 0.15) is 17.6 Å². The van der Waals surface area contributed by atoms with Crippen LogP contribution in [0.1, 0.15) is 30.9 Å². The SMILES string of the molecule is COc1ccc2c(c1)[C@@H](N)CC(C1CCCOC1)O2. The van der Waals surface area contributed by atoms with Crippen LogP contribution in [-0.2, 0) is 4.74 Å². The maximum atomic E-state index is 6.29. The van der Waals surface area contributed by atoms with Gasteiger partial charge in [-0.15, -0.1) is 0 Å². The molecule has 3 rings (SSSR count). The molecule has 0 bridgehead atoms. The number of methoxy groups -OCH3 is 1. The summed E-state index contributed by atoms with van der Waals surface area (Å²) in [5.41, 5.74) is 7.34. The Balaban J connectivity index is 1.79. The lowest BCUT2D eigenvalue weighted by atomic mass is 9.87. The first-order valence-electron chi connectivity index (χ1n) is 6.96. The zero-order chi connectivity index (χ0) is 13.2. The molecule has 19 heavy (non-hydrogen) atoms. The van der Waals surface area contributed by atoms with Crippen LogP contribution in [0, 0.1) is 5.92 Å². The summed E-state index contributed by atoms with van der Waals surface area (Å²) in [7, 11) is 1.67. The number of hydrogen-bond acceptors (Lipinski definition) is 4. The average Bonchev–Trinajstić information content (AvgIpc) is 2.48. The van der Waals surface area contributed by atoms with Gasteiger partial charge in [-0.1, -0.05) is 0 Å². The van der Waals surface area contributed by atoms with E-state index in [9.17, 15) is 0 Å². The monoisotopic (exact) mass is 263 g/mol. The van der Waals surface area contributed by atoms with Gasteiger partial charge in [0.05, 0.1) is 13.7 Å². The Hall–Kier alpha value is -1.26. The minimum Gasteiger partial charge on any atom is -0.497 e. The Bertz CT molecular complexity index is 443. The summed E-state index contributed by atoms with van der Waals surface area (Å²) in [5, 5.41) is 0. The lowest BCUT2D eigenvalue weighted by molar-refractivity contribution is -0.00927. The van der Waals surface area contributed by atoms with Gasteiger partial charge >= 0.3 is 0 Å². The number of rotatable bonds is 2. The van der Waals surface area contributed by atoms with Crippen molar-refractivity contribution in [2.75, 3.05) is 20.3 Å². The van der Waals surface area contributed by atoms with Crippen molar-refractivity contribution in [3.63, 3.8) is 0 Å². The van der Waals surface area contributed by atoms with E-state index in [-0.39, 0.29) is 12.1 Å². The van der Waals surface area contributed by atoms with Gasteiger partial charge in [0.15, 0.2) is 0 Å². The van der Waals surface area contributed by atoms with Crippen LogP contribution in [0.25, 0.3) is 0 Å². The van der Waals surface area contributed by atoms with Gasteiger partial charge in [-0.3, -0.25) is 0 Å². The van der Waals surface area contributed by atoms with Crippen molar-refractivity contribution in [2.24, 2.45) is 11.7 Å². The third kappa shape index (κ3) is 2.55. The van der Waals surface area contributed by atoms with Crippen molar-refractivity contribution in [1.29, 1.82) is 0 Å². The van der Waals surface area contributed by atoms with Crippen molar-refractivity contribution < 1.29 is 14.2 Å². The van der Waals surface area contributed by atoms with E-state index in [1.807, 2.05) is 18.2 Å². The number of nitrogens with two attached hydrogens (primary N) is 1. The molecule has 1 saturated heterocycles. The zero-order valence-electron chi connectivity index (χ0n) is 11.3. The molecule has 3 atom stereocenters. The molecule has 0 amide bonds. The smallest absolute Gasteiger partial charge is 0.124 e.